The van der Waals surface area contributed by atoms with E-state index in [1.165, 1.54) is 0 Å². The van der Waals surface area contributed by atoms with Crippen molar-refractivity contribution < 1.29 is 17.5 Å². The maximum atomic E-state index is 10.8. The molecule has 2 unspecified atom stereocenters. The van der Waals surface area contributed by atoms with Crippen LogP contribution in [0.4, 0.5) is 0 Å². The molecule has 2 N–H and O–H groups in total. The Morgan fingerprint density at radius 2 is 1.00 bits per heavy atom. The molecule has 0 saturated heterocycles. The van der Waals surface area contributed by atoms with Gasteiger partial charge in [-0.25, -0.2) is 8.42 Å². The van der Waals surface area contributed by atoms with Crippen LogP contribution in [0.2, 0.25) is 0 Å². The molecule has 100 valence electrons. The second-order valence-corrected chi connectivity index (χ2v) is 5.90. The largest absolute Gasteiger partial charge is 0.302 e. The van der Waals surface area contributed by atoms with Gasteiger partial charge in [-0.1, -0.05) is 24.3 Å². The molecule has 0 aliphatic carbocycles. The van der Waals surface area contributed by atoms with Crippen LogP contribution in [0.25, 0.3) is 0 Å². The molecule has 19 heavy (non-hydrogen) atoms. The SMILES string of the molecule is O=S(O)c1ccc(Cc2ccc(S(=O)O)cc2)cc1. The molecule has 2 atom stereocenters. The summed E-state index contributed by atoms with van der Waals surface area (Å²) in [5.41, 5.74) is 2.01. The van der Waals surface area contributed by atoms with Crippen LogP contribution in [0.1, 0.15) is 11.1 Å². The van der Waals surface area contributed by atoms with Crippen LogP contribution in [0, 0.1) is 0 Å². The standard InChI is InChI=1S/C13H12O4S2/c14-18(15)12-5-1-10(2-6-12)9-11-3-7-13(8-4-11)19(16)17/h1-8H,9H2,(H,14,15)(H,16,17). The molecule has 2 aromatic rings. The summed E-state index contributed by atoms with van der Waals surface area (Å²) >= 11 is -3.91. The van der Waals surface area contributed by atoms with Gasteiger partial charge in [-0.15, -0.1) is 0 Å². The Bertz CT molecular complexity index is 550. The average molecular weight is 296 g/mol. The zero-order chi connectivity index (χ0) is 13.8. The summed E-state index contributed by atoms with van der Waals surface area (Å²) in [4.78, 5) is 0.740. The van der Waals surface area contributed by atoms with Crippen LogP contribution >= 0.6 is 0 Å². The fraction of sp³-hybridized carbons (Fsp3) is 0.0769. The van der Waals surface area contributed by atoms with E-state index >= 15 is 0 Å². The maximum absolute atomic E-state index is 10.8. The summed E-state index contributed by atoms with van der Waals surface area (Å²) in [5, 5.41) is 0. The molecule has 0 spiro atoms. The first kappa shape index (κ1) is 14.1. The first-order valence-electron chi connectivity index (χ1n) is 5.46. The average Bonchev–Trinajstić information content (AvgIpc) is 2.40. The third-order valence-electron chi connectivity index (χ3n) is 2.66. The number of rotatable bonds is 4. The smallest absolute Gasteiger partial charge is 0.186 e. The van der Waals surface area contributed by atoms with Gasteiger partial charge in [-0.3, -0.25) is 0 Å². The molecule has 2 rings (SSSR count). The zero-order valence-corrected chi connectivity index (χ0v) is 11.5. The minimum atomic E-state index is -1.95. The second kappa shape index (κ2) is 6.21. The van der Waals surface area contributed by atoms with Gasteiger partial charge in [0.1, 0.15) is 0 Å². The molecule has 2 aromatic carbocycles. The quantitative estimate of drug-likeness (QED) is 0.850. The fourth-order valence-electron chi connectivity index (χ4n) is 1.68. The Balaban J connectivity index is 2.12. The summed E-state index contributed by atoms with van der Waals surface area (Å²) in [5.74, 6) is 0. The van der Waals surface area contributed by atoms with Crippen LogP contribution < -0.4 is 0 Å². The third kappa shape index (κ3) is 3.81. The lowest BCUT2D eigenvalue weighted by molar-refractivity contribution is 0.563. The molecule has 4 nitrogen and oxygen atoms in total. The van der Waals surface area contributed by atoms with Crippen LogP contribution in [0.5, 0.6) is 0 Å². The van der Waals surface area contributed by atoms with Crippen LogP contribution in [0.3, 0.4) is 0 Å². The van der Waals surface area contributed by atoms with Crippen molar-refractivity contribution in [1.29, 1.82) is 0 Å². The zero-order valence-electron chi connectivity index (χ0n) is 9.85. The van der Waals surface area contributed by atoms with Gasteiger partial charge in [0, 0.05) is 0 Å². The molecule has 6 heteroatoms. The van der Waals surface area contributed by atoms with Crippen molar-refractivity contribution in [3.8, 4) is 0 Å². The van der Waals surface area contributed by atoms with Gasteiger partial charge in [0.15, 0.2) is 22.2 Å². The first-order valence-corrected chi connectivity index (χ1v) is 7.67. The Morgan fingerprint density at radius 3 is 1.26 bits per heavy atom. The second-order valence-electron chi connectivity index (χ2n) is 3.96. The van der Waals surface area contributed by atoms with Crippen molar-refractivity contribution in [2.24, 2.45) is 0 Å². The molecule has 0 aliphatic rings. The van der Waals surface area contributed by atoms with Crippen LogP contribution in [-0.4, -0.2) is 17.5 Å². The Hall–Kier alpha value is -1.34. The molecule has 0 aliphatic heterocycles. The molecular formula is C13H12O4S2. The van der Waals surface area contributed by atoms with Gasteiger partial charge in [-0.2, -0.15) is 0 Å². The van der Waals surface area contributed by atoms with E-state index in [4.69, 9.17) is 9.11 Å². The Kier molecular flexibility index (Phi) is 4.60. The van der Waals surface area contributed by atoms with Crippen molar-refractivity contribution in [2.75, 3.05) is 0 Å². The lowest BCUT2D eigenvalue weighted by Crippen LogP contribution is -1.93. The summed E-state index contributed by atoms with van der Waals surface area (Å²) in [6, 6.07) is 13.6. The van der Waals surface area contributed by atoms with Crippen molar-refractivity contribution >= 4 is 22.2 Å². The number of hydrogen-bond donors (Lipinski definition) is 2. The van der Waals surface area contributed by atoms with E-state index in [9.17, 15) is 8.42 Å². The topological polar surface area (TPSA) is 74.6 Å². The maximum Gasteiger partial charge on any atom is 0.186 e. The fourth-order valence-corrected chi connectivity index (χ4v) is 2.42. The van der Waals surface area contributed by atoms with Gasteiger partial charge in [0.05, 0.1) is 9.79 Å². The van der Waals surface area contributed by atoms with Crippen LogP contribution in [0.15, 0.2) is 58.3 Å². The lowest BCUT2D eigenvalue weighted by atomic mass is 10.1. The number of benzene rings is 2. The van der Waals surface area contributed by atoms with Crippen molar-refractivity contribution in [1.82, 2.24) is 0 Å². The van der Waals surface area contributed by atoms with E-state index in [-0.39, 0.29) is 0 Å². The van der Waals surface area contributed by atoms with Crippen molar-refractivity contribution in [3.63, 3.8) is 0 Å². The summed E-state index contributed by atoms with van der Waals surface area (Å²) < 4.78 is 39.5. The first-order chi connectivity index (χ1) is 9.06. The predicted molar refractivity (Wildman–Crippen MR) is 73.8 cm³/mol. The lowest BCUT2D eigenvalue weighted by Gasteiger charge is -2.03. The van der Waals surface area contributed by atoms with E-state index in [2.05, 4.69) is 0 Å². The molecule has 0 fully saturated rings. The predicted octanol–water partition coefficient (Wildman–Crippen LogP) is 2.44. The molecule has 0 radical (unpaired) electrons. The van der Waals surface area contributed by atoms with Crippen molar-refractivity contribution in [2.45, 2.75) is 16.2 Å². The van der Waals surface area contributed by atoms with Gasteiger partial charge in [0.25, 0.3) is 0 Å². The number of hydrogen-bond acceptors (Lipinski definition) is 2. The van der Waals surface area contributed by atoms with Crippen molar-refractivity contribution in [3.05, 3.63) is 59.7 Å². The summed E-state index contributed by atoms with van der Waals surface area (Å²) in [7, 11) is 0. The summed E-state index contributed by atoms with van der Waals surface area (Å²) in [6.07, 6.45) is 0.663. The molecule has 0 aromatic heterocycles. The molecular weight excluding hydrogens is 284 g/mol. The molecule has 0 bridgehead atoms. The third-order valence-corrected chi connectivity index (χ3v) is 4.01. The summed E-state index contributed by atoms with van der Waals surface area (Å²) in [6.45, 7) is 0. The molecule has 0 amide bonds. The molecule has 0 saturated carbocycles. The van der Waals surface area contributed by atoms with E-state index in [1.807, 2.05) is 0 Å². The molecule has 0 heterocycles. The van der Waals surface area contributed by atoms with Gasteiger partial charge in [-0.05, 0) is 41.8 Å². The van der Waals surface area contributed by atoms with E-state index in [0.29, 0.717) is 16.2 Å². The highest BCUT2D eigenvalue weighted by molar-refractivity contribution is 7.79. The van der Waals surface area contributed by atoms with E-state index in [0.717, 1.165) is 11.1 Å². The highest BCUT2D eigenvalue weighted by Gasteiger charge is 2.02. The van der Waals surface area contributed by atoms with Crippen LogP contribution in [-0.2, 0) is 28.6 Å². The van der Waals surface area contributed by atoms with E-state index < -0.39 is 22.2 Å². The Morgan fingerprint density at radius 1 is 0.684 bits per heavy atom. The van der Waals surface area contributed by atoms with Gasteiger partial charge < -0.3 is 9.11 Å². The highest BCUT2D eigenvalue weighted by atomic mass is 32.2. The van der Waals surface area contributed by atoms with E-state index in [1.54, 1.807) is 48.5 Å². The van der Waals surface area contributed by atoms with Gasteiger partial charge >= 0.3 is 0 Å². The highest BCUT2D eigenvalue weighted by Crippen LogP contribution is 2.14. The normalized spacial score (nSPS) is 14.0. The monoisotopic (exact) mass is 296 g/mol. The minimum absolute atomic E-state index is 0.370. The minimum Gasteiger partial charge on any atom is -0.302 e. The Labute approximate surface area is 116 Å². The van der Waals surface area contributed by atoms with Gasteiger partial charge in [0.2, 0.25) is 0 Å².